The summed E-state index contributed by atoms with van der Waals surface area (Å²) >= 11 is 3.53. The summed E-state index contributed by atoms with van der Waals surface area (Å²) in [6.45, 7) is 0.702. The number of hydrogen-bond acceptors (Lipinski definition) is 5. The van der Waals surface area contributed by atoms with Crippen molar-refractivity contribution in [1.29, 1.82) is 0 Å². The molecule has 5 rings (SSSR count). The number of primary amides is 1. The van der Waals surface area contributed by atoms with Crippen molar-refractivity contribution in [2.45, 2.75) is 43.8 Å². The smallest absolute Gasteiger partial charge is 0.265 e. The van der Waals surface area contributed by atoms with Crippen LogP contribution in [-0.4, -0.2) is 37.4 Å². The summed E-state index contributed by atoms with van der Waals surface area (Å²) in [5, 5.41) is 0. The highest BCUT2D eigenvalue weighted by molar-refractivity contribution is 9.10. The number of benzene rings is 3. The van der Waals surface area contributed by atoms with E-state index in [1.54, 1.807) is 74.9 Å². The van der Waals surface area contributed by atoms with E-state index in [1.807, 2.05) is 4.57 Å². The first-order chi connectivity index (χ1) is 20.6. The highest BCUT2D eigenvalue weighted by Gasteiger charge is 2.29. The van der Waals surface area contributed by atoms with Crippen LogP contribution in [0, 0.1) is 11.7 Å². The zero-order valence-corrected chi connectivity index (χ0v) is 26.3. The van der Waals surface area contributed by atoms with Crippen molar-refractivity contribution in [1.82, 2.24) is 8.87 Å². The normalized spacial score (nSPS) is 13.3. The van der Waals surface area contributed by atoms with E-state index < -0.39 is 26.6 Å². The molecule has 0 saturated heterocycles. The van der Waals surface area contributed by atoms with Gasteiger partial charge < -0.3 is 19.8 Å². The SMILES string of the molecule is COc1ccc(CN(Cc2ccc(OC)cc2)S(=O)(=O)c2ccc(Cc3c(Br)cc(C(N)=O)n3CC3CC3)cc2F)cc1. The van der Waals surface area contributed by atoms with E-state index >= 15 is 4.39 Å². The Morgan fingerprint density at radius 3 is 1.93 bits per heavy atom. The van der Waals surface area contributed by atoms with Crippen molar-refractivity contribution in [3.63, 3.8) is 0 Å². The van der Waals surface area contributed by atoms with Crippen molar-refractivity contribution in [2.24, 2.45) is 11.7 Å². The van der Waals surface area contributed by atoms with E-state index in [1.165, 1.54) is 16.4 Å². The summed E-state index contributed by atoms with van der Waals surface area (Å²) in [4.78, 5) is 11.7. The fourth-order valence-corrected chi connectivity index (χ4v) is 7.03. The number of amides is 1. The number of methoxy groups -OCH3 is 2. The van der Waals surface area contributed by atoms with Crippen LogP contribution in [0.2, 0.25) is 0 Å². The number of aromatic nitrogens is 1. The molecule has 226 valence electrons. The molecular weight excluding hydrogens is 637 g/mol. The lowest BCUT2D eigenvalue weighted by molar-refractivity contribution is 0.0990. The highest BCUT2D eigenvalue weighted by Crippen LogP contribution is 2.35. The molecule has 0 unspecified atom stereocenters. The summed E-state index contributed by atoms with van der Waals surface area (Å²) in [5.74, 6) is 0.385. The van der Waals surface area contributed by atoms with Crippen LogP contribution in [0.3, 0.4) is 0 Å². The first-order valence-electron chi connectivity index (χ1n) is 13.8. The van der Waals surface area contributed by atoms with Gasteiger partial charge in [0.2, 0.25) is 10.0 Å². The van der Waals surface area contributed by atoms with Crippen LogP contribution < -0.4 is 15.2 Å². The molecule has 3 aromatic carbocycles. The Morgan fingerprint density at radius 1 is 0.930 bits per heavy atom. The van der Waals surface area contributed by atoms with Gasteiger partial charge in [-0.05, 0) is 93.8 Å². The van der Waals surface area contributed by atoms with Crippen LogP contribution in [0.1, 0.15) is 45.7 Å². The second-order valence-electron chi connectivity index (χ2n) is 10.7. The van der Waals surface area contributed by atoms with Crippen molar-refractivity contribution in [3.8, 4) is 11.5 Å². The maximum Gasteiger partial charge on any atom is 0.265 e. The van der Waals surface area contributed by atoms with Crippen molar-refractivity contribution in [2.75, 3.05) is 14.2 Å². The van der Waals surface area contributed by atoms with Gasteiger partial charge in [-0.25, -0.2) is 12.8 Å². The van der Waals surface area contributed by atoms with Crippen LogP contribution in [-0.2, 0) is 36.1 Å². The molecule has 1 aliphatic carbocycles. The minimum atomic E-state index is -4.26. The third kappa shape index (κ3) is 7.11. The van der Waals surface area contributed by atoms with Gasteiger partial charge in [0.1, 0.15) is 27.9 Å². The molecule has 11 heteroatoms. The predicted octanol–water partition coefficient (Wildman–Crippen LogP) is 5.90. The van der Waals surface area contributed by atoms with Crippen molar-refractivity contribution >= 4 is 31.9 Å². The lowest BCUT2D eigenvalue weighted by Crippen LogP contribution is -2.31. The third-order valence-corrected chi connectivity index (χ3v) is 10.1. The van der Waals surface area contributed by atoms with Gasteiger partial charge in [0, 0.05) is 36.2 Å². The van der Waals surface area contributed by atoms with Gasteiger partial charge in [-0.15, -0.1) is 0 Å². The number of rotatable bonds is 13. The molecule has 4 aromatic rings. The topological polar surface area (TPSA) is 104 Å². The molecule has 8 nitrogen and oxygen atoms in total. The molecule has 0 bridgehead atoms. The van der Waals surface area contributed by atoms with Gasteiger partial charge in [0.15, 0.2) is 0 Å². The summed E-state index contributed by atoms with van der Waals surface area (Å²) in [6.07, 6.45) is 2.45. The Balaban J connectivity index is 1.45. The fourth-order valence-electron chi connectivity index (χ4n) is 5.00. The standard InChI is InChI=1S/C32H33BrFN3O5S/c1-41-25-10-5-21(6-11-25)18-36(19-22-7-12-26(42-2)13-8-22)43(39,40)31-14-9-24(15-28(31)34)16-29-27(33)17-30(32(35)38)37(29)20-23-3-4-23/h5-15,17,23H,3-4,16,18-20H2,1-2H3,(H2,35,38). The van der Waals surface area contributed by atoms with Gasteiger partial charge >= 0.3 is 0 Å². The molecule has 0 radical (unpaired) electrons. The van der Waals surface area contributed by atoms with E-state index in [0.29, 0.717) is 46.1 Å². The average Bonchev–Trinajstić information content (AvgIpc) is 3.76. The number of ether oxygens (including phenoxy) is 2. The molecule has 2 N–H and O–H groups in total. The number of nitrogens with zero attached hydrogens (tertiary/aromatic N) is 2. The number of carbonyl (C=O) groups is 1. The van der Waals surface area contributed by atoms with E-state index in [2.05, 4.69) is 15.9 Å². The fraction of sp³-hybridized carbons (Fsp3) is 0.281. The van der Waals surface area contributed by atoms with E-state index in [-0.39, 0.29) is 13.1 Å². The number of sulfonamides is 1. The quantitative estimate of drug-likeness (QED) is 0.191. The molecule has 1 heterocycles. The largest absolute Gasteiger partial charge is 0.497 e. The Labute approximate surface area is 259 Å². The van der Waals surface area contributed by atoms with Crippen LogP contribution in [0.5, 0.6) is 11.5 Å². The maximum absolute atomic E-state index is 15.7. The molecule has 0 atom stereocenters. The van der Waals surface area contributed by atoms with Gasteiger partial charge in [0.05, 0.1) is 14.2 Å². The van der Waals surface area contributed by atoms with Crippen LogP contribution in [0.4, 0.5) is 4.39 Å². The lowest BCUT2D eigenvalue weighted by Gasteiger charge is -2.23. The third-order valence-electron chi connectivity index (χ3n) is 7.57. The zero-order valence-electron chi connectivity index (χ0n) is 23.9. The van der Waals surface area contributed by atoms with Gasteiger partial charge in [-0.3, -0.25) is 4.79 Å². The number of nitrogens with two attached hydrogens (primary N) is 1. The minimum Gasteiger partial charge on any atom is -0.497 e. The monoisotopic (exact) mass is 669 g/mol. The molecular formula is C32H33BrFN3O5S. The van der Waals surface area contributed by atoms with Gasteiger partial charge in [-0.2, -0.15) is 4.31 Å². The highest BCUT2D eigenvalue weighted by atomic mass is 79.9. The van der Waals surface area contributed by atoms with E-state index in [4.69, 9.17) is 15.2 Å². The average molecular weight is 671 g/mol. The van der Waals surface area contributed by atoms with Gasteiger partial charge in [0.25, 0.3) is 5.91 Å². The van der Waals surface area contributed by atoms with E-state index in [9.17, 15) is 13.2 Å². The number of halogens is 2. The summed E-state index contributed by atoms with van der Waals surface area (Å²) in [6, 6.07) is 20.0. The molecule has 0 spiro atoms. The Hall–Kier alpha value is -3.67. The number of carbonyl (C=O) groups excluding carboxylic acids is 1. The second-order valence-corrected chi connectivity index (χ2v) is 13.4. The van der Waals surface area contributed by atoms with Gasteiger partial charge in [-0.1, -0.05) is 30.3 Å². The van der Waals surface area contributed by atoms with E-state index in [0.717, 1.165) is 29.7 Å². The summed E-state index contributed by atoms with van der Waals surface area (Å²) in [5.41, 5.74) is 8.82. The Morgan fingerprint density at radius 2 is 1.47 bits per heavy atom. The molecule has 1 saturated carbocycles. The summed E-state index contributed by atoms with van der Waals surface area (Å²) in [7, 11) is -1.15. The Bertz CT molecular complexity index is 1670. The van der Waals surface area contributed by atoms with Crippen LogP contribution in [0.15, 0.2) is 82.2 Å². The molecule has 43 heavy (non-hydrogen) atoms. The summed E-state index contributed by atoms with van der Waals surface area (Å²) < 4.78 is 57.9. The van der Waals surface area contributed by atoms with Crippen molar-refractivity contribution in [3.05, 3.63) is 111 Å². The minimum absolute atomic E-state index is 0.0249. The van der Waals surface area contributed by atoms with Crippen LogP contribution >= 0.6 is 15.9 Å². The molecule has 1 fully saturated rings. The van der Waals surface area contributed by atoms with Crippen LogP contribution in [0.25, 0.3) is 0 Å². The van der Waals surface area contributed by atoms with Crippen molar-refractivity contribution < 1.29 is 27.1 Å². The molecule has 1 amide bonds. The second kappa shape index (κ2) is 12.9. The maximum atomic E-state index is 15.7. The molecule has 1 aliphatic rings. The zero-order chi connectivity index (χ0) is 30.7. The Kier molecular flexibility index (Phi) is 9.24. The molecule has 0 aliphatic heterocycles. The first kappa shape index (κ1) is 30.8. The lowest BCUT2D eigenvalue weighted by atomic mass is 10.1. The molecule has 1 aromatic heterocycles. The number of hydrogen-bond donors (Lipinski definition) is 1. The first-order valence-corrected chi connectivity index (χ1v) is 16.0. The predicted molar refractivity (Wildman–Crippen MR) is 165 cm³/mol.